The number of urea groups is 1. The van der Waals surface area contributed by atoms with E-state index < -0.39 is 0 Å². The number of carbonyl (C=O) groups is 1. The summed E-state index contributed by atoms with van der Waals surface area (Å²) in [4.78, 5) is 13.0. The molecule has 3 rings (SSSR count). The lowest BCUT2D eigenvalue weighted by Gasteiger charge is -2.06. The Morgan fingerprint density at radius 1 is 1.04 bits per heavy atom. The number of benzene rings is 1. The number of amides is 2. The maximum Gasteiger partial charge on any atom is 0.314 e. The summed E-state index contributed by atoms with van der Waals surface area (Å²) in [6.07, 6.45) is 5.45. The highest BCUT2D eigenvalue weighted by Crippen LogP contribution is 2.08. The number of aromatic nitrogens is 2. The molecule has 0 fully saturated rings. The third-order valence-electron chi connectivity index (χ3n) is 3.59. The van der Waals surface area contributed by atoms with E-state index in [0.717, 1.165) is 24.1 Å². The normalized spacial score (nSPS) is 10.5. The summed E-state index contributed by atoms with van der Waals surface area (Å²) in [5.41, 5.74) is 2.13. The van der Waals surface area contributed by atoms with Crippen molar-refractivity contribution in [1.29, 1.82) is 0 Å². The number of nitrogens with zero attached hydrogens (tertiary/aromatic N) is 2. The molecule has 0 radical (unpaired) electrons. The quantitative estimate of drug-likeness (QED) is 0.694. The van der Waals surface area contributed by atoms with Crippen molar-refractivity contribution in [3.05, 3.63) is 70.7 Å². The zero-order valence-corrected chi connectivity index (χ0v) is 14.1. The van der Waals surface area contributed by atoms with Gasteiger partial charge in [-0.1, -0.05) is 24.3 Å². The minimum absolute atomic E-state index is 0.123. The van der Waals surface area contributed by atoms with Crippen molar-refractivity contribution in [2.45, 2.75) is 12.8 Å². The van der Waals surface area contributed by atoms with E-state index in [0.29, 0.717) is 13.1 Å². The van der Waals surface area contributed by atoms with Crippen LogP contribution < -0.4 is 10.6 Å². The van der Waals surface area contributed by atoms with Crippen molar-refractivity contribution in [3.63, 3.8) is 0 Å². The summed E-state index contributed by atoms with van der Waals surface area (Å²) in [5, 5.41) is 12.1. The van der Waals surface area contributed by atoms with Gasteiger partial charge in [-0.25, -0.2) is 9.48 Å². The number of hydrogen-bond acceptors (Lipinski definition) is 3. The SMILES string of the molecule is O=C(NCCc1cnn(-c2ccccc2)c1)NCCc1cccs1. The van der Waals surface area contributed by atoms with Gasteiger partial charge in [0.1, 0.15) is 0 Å². The summed E-state index contributed by atoms with van der Waals surface area (Å²) in [7, 11) is 0. The molecule has 2 aromatic heterocycles. The van der Waals surface area contributed by atoms with Crippen LogP contribution in [0.5, 0.6) is 0 Å². The van der Waals surface area contributed by atoms with Crippen LogP contribution in [0.3, 0.4) is 0 Å². The van der Waals surface area contributed by atoms with Gasteiger partial charge in [-0.15, -0.1) is 11.3 Å². The molecule has 0 bridgehead atoms. The molecular formula is C18H20N4OS. The molecule has 0 saturated carbocycles. The van der Waals surface area contributed by atoms with E-state index in [4.69, 9.17) is 0 Å². The Balaban J connectivity index is 1.37. The molecular weight excluding hydrogens is 320 g/mol. The van der Waals surface area contributed by atoms with Gasteiger partial charge in [-0.3, -0.25) is 0 Å². The van der Waals surface area contributed by atoms with Crippen LogP contribution in [-0.4, -0.2) is 28.9 Å². The second kappa shape index (κ2) is 8.31. The molecule has 0 unspecified atom stereocenters. The highest BCUT2D eigenvalue weighted by atomic mass is 32.1. The van der Waals surface area contributed by atoms with E-state index in [1.54, 1.807) is 11.3 Å². The van der Waals surface area contributed by atoms with Crippen LogP contribution >= 0.6 is 11.3 Å². The van der Waals surface area contributed by atoms with Crippen LogP contribution in [0.4, 0.5) is 4.79 Å². The van der Waals surface area contributed by atoms with Crippen LogP contribution in [0.15, 0.2) is 60.2 Å². The average Bonchev–Trinajstić information content (AvgIpc) is 3.28. The van der Waals surface area contributed by atoms with Crippen LogP contribution in [0.1, 0.15) is 10.4 Å². The van der Waals surface area contributed by atoms with Crippen LogP contribution in [0, 0.1) is 0 Å². The van der Waals surface area contributed by atoms with Crippen LogP contribution in [-0.2, 0) is 12.8 Å². The molecule has 6 heteroatoms. The lowest BCUT2D eigenvalue weighted by Crippen LogP contribution is -2.37. The first-order valence-corrected chi connectivity index (χ1v) is 8.82. The Labute approximate surface area is 145 Å². The number of thiophene rings is 1. The van der Waals surface area contributed by atoms with Crippen molar-refractivity contribution < 1.29 is 4.79 Å². The van der Waals surface area contributed by atoms with Gasteiger partial charge in [-0.05, 0) is 42.0 Å². The number of carbonyl (C=O) groups excluding carboxylic acids is 1. The first-order valence-electron chi connectivity index (χ1n) is 7.94. The molecule has 0 saturated heterocycles. The fourth-order valence-corrected chi connectivity index (χ4v) is 3.06. The van der Waals surface area contributed by atoms with Crippen LogP contribution in [0.2, 0.25) is 0 Å². The Hall–Kier alpha value is -2.60. The number of hydrogen-bond donors (Lipinski definition) is 2. The maximum absolute atomic E-state index is 11.7. The highest BCUT2D eigenvalue weighted by Gasteiger charge is 2.03. The summed E-state index contributed by atoms with van der Waals surface area (Å²) in [5.74, 6) is 0. The van der Waals surface area contributed by atoms with E-state index in [9.17, 15) is 4.79 Å². The lowest BCUT2D eigenvalue weighted by atomic mass is 10.2. The topological polar surface area (TPSA) is 59.0 Å². The molecule has 0 spiro atoms. The van der Waals surface area contributed by atoms with E-state index in [1.165, 1.54) is 4.88 Å². The van der Waals surface area contributed by atoms with Gasteiger partial charge in [-0.2, -0.15) is 5.10 Å². The van der Waals surface area contributed by atoms with Gasteiger partial charge >= 0.3 is 6.03 Å². The van der Waals surface area contributed by atoms with Gasteiger partial charge in [0.15, 0.2) is 0 Å². The van der Waals surface area contributed by atoms with Crippen molar-refractivity contribution in [1.82, 2.24) is 20.4 Å². The number of nitrogens with one attached hydrogen (secondary N) is 2. The molecule has 1 aromatic carbocycles. The second-order valence-corrected chi connectivity index (χ2v) is 6.42. The van der Waals surface area contributed by atoms with Crippen molar-refractivity contribution >= 4 is 17.4 Å². The van der Waals surface area contributed by atoms with Gasteiger partial charge in [0, 0.05) is 24.2 Å². The first kappa shape index (κ1) is 16.3. The van der Waals surface area contributed by atoms with Crippen LogP contribution in [0.25, 0.3) is 5.69 Å². The largest absolute Gasteiger partial charge is 0.338 e. The van der Waals surface area contributed by atoms with Crippen molar-refractivity contribution in [2.75, 3.05) is 13.1 Å². The number of rotatable bonds is 7. The average molecular weight is 340 g/mol. The predicted octanol–water partition coefficient (Wildman–Crippen LogP) is 3.02. The van der Waals surface area contributed by atoms with Gasteiger partial charge < -0.3 is 10.6 Å². The Morgan fingerprint density at radius 3 is 2.58 bits per heavy atom. The second-order valence-electron chi connectivity index (χ2n) is 5.39. The summed E-state index contributed by atoms with van der Waals surface area (Å²) in [6, 6.07) is 13.9. The first-order chi connectivity index (χ1) is 11.8. The molecule has 24 heavy (non-hydrogen) atoms. The zero-order valence-electron chi connectivity index (χ0n) is 13.3. The monoisotopic (exact) mass is 340 g/mol. The summed E-state index contributed by atoms with van der Waals surface area (Å²) < 4.78 is 1.84. The molecule has 0 aliphatic carbocycles. The van der Waals surface area contributed by atoms with Crippen molar-refractivity contribution in [2.24, 2.45) is 0 Å². The molecule has 0 aliphatic rings. The lowest BCUT2D eigenvalue weighted by molar-refractivity contribution is 0.241. The molecule has 3 aromatic rings. The Kier molecular flexibility index (Phi) is 5.63. The standard InChI is InChI=1S/C18H20N4OS/c23-18(20-11-9-17-7-4-12-24-17)19-10-8-15-13-21-22(14-15)16-5-2-1-3-6-16/h1-7,12-14H,8-11H2,(H2,19,20,23). The zero-order chi connectivity index (χ0) is 16.6. The summed E-state index contributed by atoms with van der Waals surface area (Å²) >= 11 is 1.71. The maximum atomic E-state index is 11.7. The molecule has 0 aliphatic heterocycles. The van der Waals surface area contributed by atoms with E-state index in [2.05, 4.69) is 21.8 Å². The molecule has 124 valence electrons. The molecule has 2 heterocycles. The van der Waals surface area contributed by atoms with E-state index >= 15 is 0 Å². The third-order valence-corrected chi connectivity index (χ3v) is 4.53. The van der Waals surface area contributed by atoms with Crippen molar-refractivity contribution in [3.8, 4) is 5.69 Å². The number of para-hydroxylation sites is 1. The highest BCUT2D eigenvalue weighted by molar-refractivity contribution is 7.09. The van der Waals surface area contributed by atoms with Gasteiger partial charge in [0.05, 0.1) is 11.9 Å². The van der Waals surface area contributed by atoms with E-state index in [-0.39, 0.29) is 6.03 Å². The Bertz CT molecular complexity index is 752. The predicted molar refractivity (Wildman–Crippen MR) is 96.7 cm³/mol. The van der Waals surface area contributed by atoms with Gasteiger partial charge in [0.2, 0.25) is 0 Å². The third kappa shape index (κ3) is 4.70. The Morgan fingerprint density at radius 2 is 1.83 bits per heavy atom. The van der Waals surface area contributed by atoms with E-state index in [1.807, 2.05) is 58.9 Å². The molecule has 2 amide bonds. The molecule has 0 atom stereocenters. The fourth-order valence-electron chi connectivity index (χ4n) is 2.35. The minimum Gasteiger partial charge on any atom is -0.338 e. The van der Waals surface area contributed by atoms with Gasteiger partial charge in [0.25, 0.3) is 0 Å². The molecule has 2 N–H and O–H groups in total. The molecule has 5 nitrogen and oxygen atoms in total. The fraction of sp³-hybridized carbons (Fsp3) is 0.222. The smallest absolute Gasteiger partial charge is 0.314 e. The minimum atomic E-state index is -0.123. The summed E-state index contributed by atoms with van der Waals surface area (Å²) in [6.45, 7) is 1.24.